The van der Waals surface area contributed by atoms with Gasteiger partial charge < -0.3 is 10.2 Å². The molecule has 1 aliphatic rings. The maximum Gasteiger partial charge on any atom is 0.0631 e. The molecule has 1 aromatic carbocycles. The molecule has 15 heavy (non-hydrogen) atoms. The Bertz CT molecular complexity index is 399. The molecule has 1 aromatic rings. The largest absolute Gasteiger partial charge is 0.377 e. The molecular weight excluding hydrogens is 208 g/mol. The normalized spacial score (nSPS) is 18.3. The lowest BCUT2D eigenvalue weighted by Crippen LogP contribution is -2.47. The summed E-state index contributed by atoms with van der Waals surface area (Å²) in [5.74, 6) is 0. The lowest BCUT2D eigenvalue weighted by Gasteiger charge is -2.41. The quantitative estimate of drug-likeness (QED) is 0.728. The van der Waals surface area contributed by atoms with E-state index in [1.807, 2.05) is 12.1 Å². The van der Waals surface area contributed by atoms with Gasteiger partial charge in [-0.05, 0) is 38.5 Å². The maximum absolute atomic E-state index is 6.06. The average Bonchev–Trinajstić information content (AvgIpc) is 1.97. The highest BCUT2D eigenvalue weighted by atomic mass is 35.5. The molecule has 0 spiro atoms. The van der Waals surface area contributed by atoms with E-state index in [9.17, 15) is 0 Å². The van der Waals surface area contributed by atoms with Gasteiger partial charge in [-0.1, -0.05) is 11.6 Å². The van der Waals surface area contributed by atoms with Gasteiger partial charge in [0.05, 0.1) is 11.4 Å². The van der Waals surface area contributed by atoms with Gasteiger partial charge in [0.1, 0.15) is 0 Å². The van der Waals surface area contributed by atoms with E-state index in [0.29, 0.717) is 0 Å². The van der Waals surface area contributed by atoms with Gasteiger partial charge in [-0.25, -0.2) is 0 Å². The van der Waals surface area contributed by atoms with Gasteiger partial charge in [0, 0.05) is 24.2 Å². The van der Waals surface area contributed by atoms with Crippen molar-refractivity contribution in [3.05, 3.63) is 22.7 Å². The first-order chi connectivity index (χ1) is 6.89. The van der Waals surface area contributed by atoms with Crippen LogP contribution in [0.15, 0.2) is 12.1 Å². The van der Waals surface area contributed by atoms with E-state index in [2.05, 4.69) is 38.0 Å². The SMILES string of the molecule is Cc1cc(Cl)cc2c1N(C)CC(C)(C)N2. The summed E-state index contributed by atoms with van der Waals surface area (Å²) in [5.41, 5.74) is 3.72. The molecule has 2 nitrogen and oxygen atoms in total. The monoisotopic (exact) mass is 224 g/mol. The van der Waals surface area contributed by atoms with E-state index < -0.39 is 0 Å². The molecule has 1 heterocycles. The van der Waals surface area contributed by atoms with Crippen molar-refractivity contribution in [1.29, 1.82) is 0 Å². The summed E-state index contributed by atoms with van der Waals surface area (Å²) < 4.78 is 0. The molecule has 0 saturated carbocycles. The first-order valence-corrected chi connectivity index (χ1v) is 5.56. The zero-order valence-electron chi connectivity index (χ0n) is 9.69. The van der Waals surface area contributed by atoms with Crippen LogP contribution in [0.25, 0.3) is 0 Å². The van der Waals surface area contributed by atoms with Gasteiger partial charge in [-0.2, -0.15) is 0 Å². The maximum atomic E-state index is 6.06. The van der Waals surface area contributed by atoms with Crippen molar-refractivity contribution in [1.82, 2.24) is 0 Å². The number of benzene rings is 1. The van der Waals surface area contributed by atoms with Crippen molar-refractivity contribution in [2.24, 2.45) is 0 Å². The number of anilines is 2. The van der Waals surface area contributed by atoms with E-state index in [0.717, 1.165) is 17.3 Å². The minimum Gasteiger partial charge on any atom is -0.377 e. The molecule has 1 N–H and O–H groups in total. The number of likely N-dealkylation sites (N-methyl/N-ethyl adjacent to an activating group) is 1. The Balaban J connectivity index is 2.55. The lowest BCUT2D eigenvalue weighted by molar-refractivity contribution is 0.549. The van der Waals surface area contributed by atoms with Crippen LogP contribution in [0, 0.1) is 6.92 Å². The van der Waals surface area contributed by atoms with Crippen molar-refractivity contribution in [3.63, 3.8) is 0 Å². The molecule has 82 valence electrons. The van der Waals surface area contributed by atoms with E-state index in [1.54, 1.807) is 0 Å². The molecule has 0 radical (unpaired) electrons. The van der Waals surface area contributed by atoms with Crippen LogP contribution in [0.4, 0.5) is 11.4 Å². The zero-order chi connectivity index (χ0) is 11.2. The third-order valence-electron chi connectivity index (χ3n) is 2.75. The van der Waals surface area contributed by atoms with Gasteiger partial charge >= 0.3 is 0 Å². The molecule has 1 aliphatic heterocycles. The predicted molar refractivity (Wildman–Crippen MR) is 67.2 cm³/mol. The highest BCUT2D eigenvalue weighted by molar-refractivity contribution is 6.31. The molecule has 0 aromatic heterocycles. The van der Waals surface area contributed by atoms with Crippen LogP contribution in [0.1, 0.15) is 19.4 Å². The third-order valence-corrected chi connectivity index (χ3v) is 2.97. The number of fused-ring (bicyclic) bond motifs is 1. The van der Waals surface area contributed by atoms with Gasteiger partial charge in [-0.3, -0.25) is 0 Å². The second-order valence-corrected chi connectivity index (χ2v) is 5.42. The smallest absolute Gasteiger partial charge is 0.0631 e. The Kier molecular flexibility index (Phi) is 2.34. The molecule has 0 unspecified atom stereocenters. The van der Waals surface area contributed by atoms with E-state index >= 15 is 0 Å². The van der Waals surface area contributed by atoms with E-state index in [4.69, 9.17) is 11.6 Å². The van der Waals surface area contributed by atoms with Gasteiger partial charge in [0.25, 0.3) is 0 Å². The summed E-state index contributed by atoms with van der Waals surface area (Å²) in [6.45, 7) is 7.50. The summed E-state index contributed by atoms with van der Waals surface area (Å²) in [7, 11) is 2.13. The molecule has 0 bridgehead atoms. The Morgan fingerprint density at radius 3 is 2.73 bits per heavy atom. The molecule has 0 saturated heterocycles. The van der Waals surface area contributed by atoms with Crippen LogP contribution in [-0.2, 0) is 0 Å². The zero-order valence-corrected chi connectivity index (χ0v) is 10.4. The second-order valence-electron chi connectivity index (χ2n) is 4.98. The van der Waals surface area contributed by atoms with Crippen molar-refractivity contribution in [2.45, 2.75) is 26.3 Å². The van der Waals surface area contributed by atoms with Gasteiger partial charge in [0.2, 0.25) is 0 Å². The molecular formula is C12H17ClN2. The molecule has 2 rings (SSSR count). The van der Waals surface area contributed by atoms with Gasteiger partial charge in [0.15, 0.2) is 0 Å². The first kappa shape index (κ1) is 10.6. The van der Waals surface area contributed by atoms with Crippen LogP contribution in [0.3, 0.4) is 0 Å². The first-order valence-electron chi connectivity index (χ1n) is 5.18. The minimum atomic E-state index is 0.0961. The number of rotatable bonds is 0. The lowest BCUT2D eigenvalue weighted by atomic mass is 9.98. The molecule has 0 atom stereocenters. The van der Waals surface area contributed by atoms with Crippen molar-refractivity contribution in [3.8, 4) is 0 Å². The molecule has 0 aliphatic carbocycles. The molecule has 3 heteroatoms. The highest BCUT2D eigenvalue weighted by Crippen LogP contribution is 2.38. The summed E-state index contributed by atoms with van der Waals surface area (Å²) in [6, 6.07) is 4.01. The van der Waals surface area contributed by atoms with Crippen molar-refractivity contribution >= 4 is 23.0 Å². The molecule has 0 amide bonds. The van der Waals surface area contributed by atoms with E-state index in [-0.39, 0.29) is 5.54 Å². The standard InChI is InChI=1S/C12H17ClN2/c1-8-5-9(13)6-10-11(8)15(4)7-12(2,3)14-10/h5-6,14H,7H2,1-4H3. The summed E-state index contributed by atoms with van der Waals surface area (Å²) in [6.07, 6.45) is 0. The molecule has 0 fully saturated rings. The minimum absolute atomic E-state index is 0.0961. The number of aryl methyl sites for hydroxylation is 1. The van der Waals surface area contributed by atoms with Crippen LogP contribution < -0.4 is 10.2 Å². The summed E-state index contributed by atoms with van der Waals surface area (Å²) in [5, 5.41) is 4.32. The van der Waals surface area contributed by atoms with Crippen molar-refractivity contribution < 1.29 is 0 Å². The predicted octanol–water partition coefficient (Wildman–Crippen LogP) is 3.29. The fraction of sp³-hybridized carbons (Fsp3) is 0.500. The number of halogens is 1. The number of hydrogen-bond acceptors (Lipinski definition) is 2. The van der Waals surface area contributed by atoms with E-state index in [1.165, 1.54) is 11.3 Å². The number of nitrogens with one attached hydrogen (secondary N) is 1. The fourth-order valence-electron chi connectivity index (χ4n) is 2.41. The number of hydrogen-bond donors (Lipinski definition) is 1. The summed E-state index contributed by atoms with van der Waals surface area (Å²) >= 11 is 6.06. The Morgan fingerprint density at radius 2 is 2.07 bits per heavy atom. The van der Waals surface area contributed by atoms with Crippen LogP contribution in [0.5, 0.6) is 0 Å². The Morgan fingerprint density at radius 1 is 1.40 bits per heavy atom. The fourth-order valence-corrected chi connectivity index (χ4v) is 2.69. The average molecular weight is 225 g/mol. The van der Waals surface area contributed by atoms with Gasteiger partial charge in [-0.15, -0.1) is 0 Å². The van der Waals surface area contributed by atoms with Crippen molar-refractivity contribution in [2.75, 3.05) is 23.8 Å². The Labute approximate surface area is 96.2 Å². The van der Waals surface area contributed by atoms with Crippen LogP contribution >= 0.6 is 11.6 Å². The second kappa shape index (κ2) is 3.31. The third kappa shape index (κ3) is 1.91. The van der Waals surface area contributed by atoms with Crippen LogP contribution in [-0.4, -0.2) is 19.1 Å². The topological polar surface area (TPSA) is 15.3 Å². The Hall–Kier alpha value is -0.890. The summed E-state index contributed by atoms with van der Waals surface area (Å²) in [4.78, 5) is 2.29. The number of nitrogens with zero attached hydrogens (tertiary/aromatic N) is 1. The van der Waals surface area contributed by atoms with Crippen LogP contribution in [0.2, 0.25) is 5.02 Å². The highest BCUT2D eigenvalue weighted by Gasteiger charge is 2.28.